The van der Waals surface area contributed by atoms with Crippen molar-refractivity contribution in [2.75, 3.05) is 0 Å². The van der Waals surface area contributed by atoms with Crippen molar-refractivity contribution in [1.29, 1.82) is 0 Å². The lowest BCUT2D eigenvalue weighted by Gasteiger charge is -2.02. The largest absolute Gasteiger partial charge is 0.268 e. The summed E-state index contributed by atoms with van der Waals surface area (Å²) in [6.07, 6.45) is 0. The molecule has 0 fully saturated rings. The van der Waals surface area contributed by atoms with Crippen molar-refractivity contribution < 1.29 is 0 Å². The van der Waals surface area contributed by atoms with Crippen molar-refractivity contribution in [3.8, 4) is 11.3 Å². The lowest BCUT2D eigenvalue weighted by molar-refractivity contribution is 0.849. The minimum atomic E-state index is -0.0669. The number of halogens is 1. The second kappa shape index (κ2) is 5.24. The topological polar surface area (TPSA) is 47.8 Å². The average molecular weight is 310 g/mol. The van der Waals surface area contributed by atoms with Gasteiger partial charge in [-0.2, -0.15) is 0 Å². The lowest BCUT2D eigenvalue weighted by Crippen LogP contribution is -2.12. The molecule has 96 valence electrons. The zero-order chi connectivity index (χ0) is 13.2. The summed E-state index contributed by atoms with van der Waals surface area (Å²) in [5.74, 6) is 0. The molecule has 19 heavy (non-hydrogen) atoms. The van der Waals surface area contributed by atoms with Crippen LogP contribution in [0.3, 0.4) is 0 Å². The number of benzene rings is 1. The van der Waals surface area contributed by atoms with Crippen LogP contribution in [-0.4, -0.2) is 13.5 Å². The Balaban J connectivity index is 1.83. The van der Waals surface area contributed by atoms with Crippen LogP contribution >= 0.6 is 34.7 Å². The van der Waals surface area contributed by atoms with E-state index in [4.69, 9.17) is 11.6 Å². The van der Waals surface area contributed by atoms with Gasteiger partial charge in [0.1, 0.15) is 10.0 Å². The van der Waals surface area contributed by atoms with Crippen molar-refractivity contribution in [3.63, 3.8) is 0 Å². The highest BCUT2D eigenvalue weighted by molar-refractivity contribution is 7.11. The van der Waals surface area contributed by atoms with Crippen molar-refractivity contribution in [2.24, 2.45) is 0 Å². The van der Waals surface area contributed by atoms with Crippen molar-refractivity contribution in [1.82, 2.24) is 13.5 Å². The SMILES string of the molecule is O=c1cc(Cl)sn1Cc1ccc(-c2csnn2)cc1. The van der Waals surface area contributed by atoms with E-state index < -0.39 is 0 Å². The molecule has 0 saturated heterocycles. The fraction of sp³-hybridized carbons (Fsp3) is 0.0833. The molecule has 1 aromatic carbocycles. The third-order valence-electron chi connectivity index (χ3n) is 2.62. The van der Waals surface area contributed by atoms with Gasteiger partial charge in [-0.3, -0.25) is 8.75 Å². The quantitative estimate of drug-likeness (QED) is 0.747. The van der Waals surface area contributed by atoms with Gasteiger partial charge in [-0.15, -0.1) is 5.10 Å². The first-order valence-electron chi connectivity index (χ1n) is 5.45. The molecule has 0 saturated carbocycles. The Morgan fingerprint density at radius 1 is 1.26 bits per heavy atom. The standard InChI is InChI=1S/C12H8ClN3OS2/c13-11-5-12(17)16(19-11)6-8-1-3-9(4-2-8)10-7-18-15-14-10/h1-5,7H,6H2. The molecule has 0 bridgehead atoms. The summed E-state index contributed by atoms with van der Waals surface area (Å²) in [5, 5.41) is 5.92. The predicted molar refractivity (Wildman–Crippen MR) is 78.0 cm³/mol. The molecule has 0 aliphatic rings. The first kappa shape index (κ1) is 12.5. The molecule has 4 nitrogen and oxygen atoms in total. The molecular formula is C12H8ClN3OS2. The minimum Gasteiger partial charge on any atom is -0.268 e. The smallest absolute Gasteiger partial charge is 0.262 e. The number of hydrogen-bond acceptors (Lipinski definition) is 5. The van der Waals surface area contributed by atoms with Gasteiger partial charge in [-0.05, 0) is 28.6 Å². The Bertz CT molecular complexity index is 731. The summed E-state index contributed by atoms with van der Waals surface area (Å²) in [6.45, 7) is 0.534. The highest BCUT2D eigenvalue weighted by Crippen LogP contribution is 2.19. The zero-order valence-corrected chi connectivity index (χ0v) is 12.0. The maximum Gasteiger partial charge on any atom is 0.262 e. The monoisotopic (exact) mass is 309 g/mol. The second-order valence-corrected chi connectivity index (χ2v) is 6.21. The molecule has 3 rings (SSSR count). The van der Waals surface area contributed by atoms with Crippen LogP contribution in [0.1, 0.15) is 5.56 Å². The molecule has 2 aromatic heterocycles. The first-order valence-corrected chi connectivity index (χ1v) is 7.44. The molecule has 0 radical (unpaired) electrons. The lowest BCUT2D eigenvalue weighted by atomic mass is 10.1. The van der Waals surface area contributed by atoms with Gasteiger partial charge in [-0.25, -0.2) is 0 Å². The van der Waals surface area contributed by atoms with Crippen LogP contribution in [0.15, 0.2) is 40.5 Å². The van der Waals surface area contributed by atoms with Crippen LogP contribution in [0, 0.1) is 0 Å². The van der Waals surface area contributed by atoms with E-state index in [1.165, 1.54) is 29.1 Å². The summed E-state index contributed by atoms with van der Waals surface area (Å²) in [5.41, 5.74) is 2.87. The Morgan fingerprint density at radius 2 is 2.05 bits per heavy atom. The molecule has 0 amide bonds. The summed E-state index contributed by atoms with van der Waals surface area (Å²) in [7, 11) is 0. The highest BCUT2D eigenvalue weighted by atomic mass is 35.5. The van der Waals surface area contributed by atoms with Gasteiger partial charge in [0.05, 0.1) is 6.54 Å². The van der Waals surface area contributed by atoms with E-state index in [1.807, 2.05) is 29.6 Å². The second-order valence-electron chi connectivity index (χ2n) is 3.90. The van der Waals surface area contributed by atoms with E-state index in [0.29, 0.717) is 10.9 Å². The number of rotatable bonds is 3. The molecule has 3 aromatic rings. The maximum absolute atomic E-state index is 11.6. The third kappa shape index (κ3) is 2.75. The van der Waals surface area contributed by atoms with E-state index in [2.05, 4.69) is 9.59 Å². The fourth-order valence-electron chi connectivity index (χ4n) is 1.69. The van der Waals surface area contributed by atoms with Gasteiger partial charge in [0.25, 0.3) is 5.56 Å². The van der Waals surface area contributed by atoms with Gasteiger partial charge in [0.2, 0.25) is 0 Å². The van der Waals surface area contributed by atoms with Crippen LogP contribution < -0.4 is 5.56 Å². The summed E-state index contributed by atoms with van der Waals surface area (Å²) >= 11 is 8.39. The van der Waals surface area contributed by atoms with Crippen molar-refractivity contribution in [3.05, 3.63) is 56.0 Å². The highest BCUT2D eigenvalue weighted by Gasteiger charge is 2.04. The Labute approximate surface area is 122 Å². The molecular weight excluding hydrogens is 302 g/mol. The van der Waals surface area contributed by atoms with Crippen LogP contribution in [0.25, 0.3) is 11.3 Å². The van der Waals surface area contributed by atoms with E-state index in [-0.39, 0.29) is 5.56 Å². The molecule has 0 spiro atoms. The number of aromatic nitrogens is 3. The van der Waals surface area contributed by atoms with Crippen molar-refractivity contribution in [2.45, 2.75) is 6.54 Å². The average Bonchev–Trinajstić information content (AvgIpc) is 3.01. The maximum atomic E-state index is 11.6. The van der Waals surface area contributed by atoms with Gasteiger partial charge < -0.3 is 0 Å². The summed E-state index contributed by atoms with van der Waals surface area (Å²) in [6, 6.07) is 9.35. The van der Waals surface area contributed by atoms with E-state index in [1.54, 1.807) is 3.96 Å². The van der Waals surface area contributed by atoms with Gasteiger partial charge in [0.15, 0.2) is 0 Å². The third-order valence-corrected chi connectivity index (χ3v) is 4.26. The van der Waals surface area contributed by atoms with Gasteiger partial charge >= 0.3 is 0 Å². The molecule has 2 heterocycles. The van der Waals surface area contributed by atoms with Crippen LogP contribution in [0.4, 0.5) is 0 Å². The fourth-order valence-corrected chi connectivity index (χ4v) is 3.22. The molecule has 7 heteroatoms. The molecule has 0 atom stereocenters. The Hall–Kier alpha value is -1.50. The number of hydrogen-bond donors (Lipinski definition) is 0. The van der Waals surface area contributed by atoms with E-state index >= 15 is 0 Å². The Morgan fingerprint density at radius 3 is 2.63 bits per heavy atom. The van der Waals surface area contributed by atoms with E-state index in [9.17, 15) is 4.79 Å². The molecule has 0 aliphatic heterocycles. The van der Waals surface area contributed by atoms with Crippen LogP contribution in [0.5, 0.6) is 0 Å². The van der Waals surface area contributed by atoms with Crippen molar-refractivity contribution >= 4 is 34.7 Å². The van der Waals surface area contributed by atoms with E-state index in [0.717, 1.165) is 16.8 Å². The molecule has 0 N–H and O–H groups in total. The first-order chi connectivity index (χ1) is 9.22. The molecule has 0 aliphatic carbocycles. The predicted octanol–water partition coefficient (Wildman–Crippen LogP) is 3.13. The minimum absolute atomic E-state index is 0.0669. The zero-order valence-electron chi connectivity index (χ0n) is 9.62. The van der Waals surface area contributed by atoms with Gasteiger partial charge in [0, 0.05) is 17.0 Å². The Kier molecular flexibility index (Phi) is 3.46. The summed E-state index contributed by atoms with van der Waals surface area (Å²) < 4.78 is 5.97. The van der Waals surface area contributed by atoms with Crippen LogP contribution in [-0.2, 0) is 6.54 Å². The summed E-state index contributed by atoms with van der Waals surface area (Å²) in [4.78, 5) is 11.6. The van der Waals surface area contributed by atoms with Gasteiger partial charge in [-0.1, -0.05) is 40.4 Å². The normalized spacial score (nSPS) is 10.8. The molecule has 0 unspecified atom stereocenters. The van der Waals surface area contributed by atoms with Crippen LogP contribution in [0.2, 0.25) is 4.34 Å². The number of nitrogens with zero attached hydrogens (tertiary/aromatic N) is 3.